The van der Waals surface area contributed by atoms with Gasteiger partial charge in [0.2, 0.25) is 5.75 Å². The number of aryl methyl sites for hydroxylation is 1. The second-order valence-electron chi connectivity index (χ2n) is 6.88. The fraction of sp³-hybridized carbons (Fsp3) is 0.450. The number of amides is 1. The highest BCUT2D eigenvalue weighted by Gasteiger charge is 2.25. The van der Waals surface area contributed by atoms with Gasteiger partial charge in [0.1, 0.15) is 11.9 Å². The molecular weight excluding hydrogens is 390 g/mol. The van der Waals surface area contributed by atoms with Gasteiger partial charge in [-0.1, -0.05) is 0 Å². The minimum Gasteiger partial charge on any atom is -0.490 e. The molecule has 4 N–H and O–H groups in total. The number of pyridine rings is 2. The standard InChI is InChI=1S/C20H27N5O5/c1-13-15(3-4-17(23-13)21-9-12-26)24-19-18(29-2)16(5-8-22-19)30-14-6-10-25(11-7-14)20(27)28/h3-5,8,14,26H,6-7,9-12H2,1-2H3,(H,21,23)(H,22,24)(H,27,28). The highest BCUT2D eigenvalue weighted by atomic mass is 16.5. The van der Waals surface area contributed by atoms with Crippen LogP contribution in [0.5, 0.6) is 11.5 Å². The minimum absolute atomic E-state index is 0.0317. The van der Waals surface area contributed by atoms with Crippen LogP contribution in [-0.4, -0.2) is 70.6 Å². The van der Waals surface area contributed by atoms with E-state index in [4.69, 9.17) is 19.7 Å². The van der Waals surface area contributed by atoms with Crippen LogP contribution in [0.2, 0.25) is 0 Å². The van der Waals surface area contributed by atoms with Gasteiger partial charge in [-0.15, -0.1) is 0 Å². The van der Waals surface area contributed by atoms with Gasteiger partial charge in [-0.2, -0.15) is 0 Å². The molecule has 3 heterocycles. The number of methoxy groups -OCH3 is 1. The zero-order valence-corrected chi connectivity index (χ0v) is 17.1. The Morgan fingerprint density at radius 1 is 1.30 bits per heavy atom. The van der Waals surface area contributed by atoms with Crippen molar-refractivity contribution in [1.82, 2.24) is 14.9 Å². The van der Waals surface area contributed by atoms with Gasteiger partial charge in [0.05, 0.1) is 25.1 Å². The molecule has 0 spiro atoms. The van der Waals surface area contributed by atoms with E-state index in [2.05, 4.69) is 20.6 Å². The summed E-state index contributed by atoms with van der Waals surface area (Å²) in [6.07, 6.45) is 1.87. The summed E-state index contributed by atoms with van der Waals surface area (Å²) in [6.45, 7) is 3.22. The second-order valence-corrected chi connectivity index (χ2v) is 6.88. The van der Waals surface area contributed by atoms with E-state index in [1.54, 1.807) is 19.4 Å². The van der Waals surface area contributed by atoms with E-state index in [0.29, 0.717) is 55.6 Å². The van der Waals surface area contributed by atoms with Crippen molar-refractivity contribution in [3.05, 3.63) is 30.1 Å². The molecule has 10 nitrogen and oxygen atoms in total. The largest absolute Gasteiger partial charge is 0.490 e. The molecule has 0 aromatic carbocycles. The van der Waals surface area contributed by atoms with E-state index < -0.39 is 6.09 Å². The molecule has 1 fully saturated rings. The third kappa shape index (κ3) is 5.20. The van der Waals surface area contributed by atoms with Crippen molar-refractivity contribution in [2.45, 2.75) is 25.9 Å². The number of likely N-dealkylation sites (tertiary alicyclic amines) is 1. The van der Waals surface area contributed by atoms with Crippen LogP contribution < -0.4 is 20.1 Å². The van der Waals surface area contributed by atoms with Crippen molar-refractivity contribution < 1.29 is 24.5 Å². The minimum atomic E-state index is -0.900. The van der Waals surface area contributed by atoms with Crippen LogP contribution in [0.15, 0.2) is 24.4 Å². The van der Waals surface area contributed by atoms with Gasteiger partial charge >= 0.3 is 6.09 Å². The second kappa shape index (κ2) is 9.97. The van der Waals surface area contributed by atoms with E-state index in [1.807, 2.05) is 19.1 Å². The summed E-state index contributed by atoms with van der Waals surface area (Å²) in [4.78, 5) is 21.3. The number of nitrogens with one attached hydrogen (secondary N) is 2. The molecule has 0 radical (unpaired) electrons. The number of hydrogen-bond acceptors (Lipinski definition) is 8. The van der Waals surface area contributed by atoms with E-state index in [-0.39, 0.29) is 12.7 Å². The Hall–Kier alpha value is -3.27. The summed E-state index contributed by atoms with van der Waals surface area (Å²) in [7, 11) is 1.55. The number of rotatable bonds is 8. The van der Waals surface area contributed by atoms with Crippen LogP contribution in [0.25, 0.3) is 0 Å². The Balaban J connectivity index is 1.72. The highest BCUT2D eigenvalue weighted by Crippen LogP contribution is 2.36. The summed E-state index contributed by atoms with van der Waals surface area (Å²) >= 11 is 0. The number of carbonyl (C=O) groups is 1. The van der Waals surface area contributed by atoms with E-state index in [1.165, 1.54) is 4.90 Å². The zero-order chi connectivity index (χ0) is 21.5. The van der Waals surface area contributed by atoms with Crippen molar-refractivity contribution in [2.24, 2.45) is 0 Å². The molecule has 0 saturated carbocycles. The van der Waals surface area contributed by atoms with Crippen molar-refractivity contribution >= 4 is 23.4 Å². The van der Waals surface area contributed by atoms with E-state index in [0.717, 1.165) is 11.4 Å². The van der Waals surface area contributed by atoms with Crippen molar-refractivity contribution in [2.75, 3.05) is 44.0 Å². The molecular formula is C20H27N5O5. The average Bonchev–Trinajstić information content (AvgIpc) is 2.74. The molecule has 0 bridgehead atoms. The lowest BCUT2D eigenvalue weighted by Gasteiger charge is -2.30. The normalized spacial score (nSPS) is 14.3. The van der Waals surface area contributed by atoms with Crippen molar-refractivity contribution in [3.8, 4) is 11.5 Å². The third-order valence-electron chi connectivity index (χ3n) is 4.84. The maximum absolute atomic E-state index is 11.1. The average molecular weight is 417 g/mol. The Bertz CT molecular complexity index is 871. The Labute approximate surface area is 174 Å². The van der Waals surface area contributed by atoms with Gasteiger partial charge < -0.3 is 35.2 Å². The van der Waals surface area contributed by atoms with E-state index >= 15 is 0 Å². The number of piperidine rings is 1. The number of aliphatic hydroxyl groups excluding tert-OH is 1. The van der Waals surface area contributed by atoms with Crippen LogP contribution in [0.1, 0.15) is 18.5 Å². The number of aliphatic hydroxyl groups is 1. The molecule has 1 aliphatic heterocycles. The lowest BCUT2D eigenvalue weighted by molar-refractivity contribution is 0.0878. The molecule has 0 unspecified atom stereocenters. The molecule has 1 amide bonds. The third-order valence-corrected chi connectivity index (χ3v) is 4.84. The van der Waals surface area contributed by atoms with Crippen LogP contribution in [0.3, 0.4) is 0 Å². The molecule has 2 aromatic rings. The first kappa shape index (κ1) is 21.4. The van der Waals surface area contributed by atoms with Gasteiger partial charge in [0, 0.05) is 44.7 Å². The van der Waals surface area contributed by atoms with E-state index in [9.17, 15) is 4.79 Å². The van der Waals surface area contributed by atoms with Gasteiger partial charge in [0.15, 0.2) is 11.6 Å². The number of hydrogen-bond donors (Lipinski definition) is 4. The molecule has 162 valence electrons. The first-order valence-electron chi connectivity index (χ1n) is 9.78. The zero-order valence-electron chi connectivity index (χ0n) is 17.1. The lowest BCUT2D eigenvalue weighted by Crippen LogP contribution is -2.41. The molecule has 1 saturated heterocycles. The summed E-state index contributed by atoms with van der Waals surface area (Å²) < 4.78 is 11.7. The molecule has 1 aliphatic rings. The molecule has 0 atom stereocenters. The van der Waals surface area contributed by atoms with Gasteiger partial charge in [-0.3, -0.25) is 0 Å². The Kier molecular flexibility index (Phi) is 7.12. The number of nitrogens with zero attached hydrogens (tertiary/aromatic N) is 3. The van der Waals surface area contributed by atoms with Gasteiger partial charge in [-0.25, -0.2) is 14.8 Å². The fourth-order valence-corrected chi connectivity index (χ4v) is 3.26. The molecule has 10 heteroatoms. The number of carboxylic acid groups (broad SMARTS) is 1. The molecule has 0 aliphatic carbocycles. The summed E-state index contributed by atoms with van der Waals surface area (Å²) in [5.41, 5.74) is 1.52. The van der Waals surface area contributed by atoms with Crippen LogP contribution >= 0.6 is 0 Å². The molecule has 3 rings (SSSR count). The van der Waals surface area contributed by atoms with Gasteiger partial charge in [0.25, 0.3) is 0 Å². The number of ether oxygens (including phenoxy) is 2. The Morgan fingerprint density at radius 3 is 2.70 bits per heavy atom. The van der Waals surface area contributed by atoms with Crippen molar-refractivity contribution in [1.29, 1.82) is 0 Å². The quantitative estimate of drug-likeness (QED) is 0.512. The summed E-state index contributed by atoms with van der Waals surface area (Å²) in [6, 6.07) is 5.42. The number of aromatic nitrogens is 2. The van der Waals surface area contributed by atoms with Crippen LogP contribution in [0, 0.1) is 6.92 Å². The smallest absolute Gasteiger partial charge is 0.407 e. The predicted molar refractivity (Wildman–Crippen MR) is 112 cm³/mol. The van der Waals surface area contributed by atoms with Crippen LogP contribution in [0.4, 0.5) is 22.1 Å². The lowest BCUT2D eigenvalue weighted by atomic mass is 10.1. The predicted octanol–water partition coefficient (Wildman–Crippen LogP) is 2.46. The highest BCUT2D eigenvalue weighted by molar-refractivity contribution is 5.68. The van der Waals surface area contributed by atoms with Crippen molar-refractivity contribution in [3.63, 3.8) is 0 Å². The summed E-state index contributed by atoms with van der Waals surface area (Å²) in [5, 5.41) is 24.3. The molecule has 2 aromatic heterocycles. The topological polar surface area (TPSA) is 129 Å². The SMILES string of the molecule is COc1c(OC2CCN(C(=O)O)CC2)ccnc1Nc1ccc(NCCO)nc1C. The summed E-state index contributed by atoms with van der Waals surface area (Å²) in [5.74, 6) is 2.20. The van der Waals surface area contributed by atoms with Gasteiger partial charge in [-0.05, 0) is 19.1 Å². The maximum atomic E-state index is 11.1. The first-order chi connectivity index (χ1) is 14.5. The maximum Gasteiger partial charge on any atom is 0.407 e. The van der Waals surface area contributed by atoms with Crippen LogP contribution in [-0.2, 0) is 0 Å². The Morgan fingerprint density at radius 2 is 2.07 bits per heavy atom. The molecule has 30 heavy (non-hydrogen) atoms. The monoisotopic (exact) mass is 417 g/mol. The fourth-order valence-electron chi connectivity index (χ4n) is 3.26. The first-order valence-corrected chi connectivity index (χ1v) is 9.78. The number of anilines is 3.